The number of phenols is 1. The molecule has 0 aliphatic heterocycles. The summed E-state index contributed by atoms with van der Waals surface area (Å²) in [5.41, 5.74) is 3.51. The van der Waals surface area contributed by atoms with E-state index >= 15 is 0 Å². The zero-order valence-electron chi connectivity index (χ0n) is 15.1. The van der Waals surface area contributed by atoms with Gasteiger partial charge in [-0.15, -0.1) is 13.2 Å². The molecule has 2 aromatic carbocycles. The molecule has 7 nitrogen and oxygen atoms in total. The van der Waals surface area contributed by atoms with Crippen LogP contribution in [-0.4, -0.2) is 42.1 Å². The lowest BCUT2D eigenvalue weighted by atomic mass is 10.1. The molecule has 3 N–H and O–H groups in total. The first-order valence-corrected chi connectivity index (χ1v) is 8.11. The molecule has 0 saturated carbocycles. The van der Waals surface area contributed by atoms with E-state index in [2.05, 4.69) is 15.2 Å². The maximum Gasteiger partial charge on any atom is 0.573 e. The van der Waals surface area contributed by atoms with Crippen LogP contribution < -0.4 is 10.2 Å². The number of hydrogen-bond donors (Lipinski definition) is 3. The van der Waals surface area contributed by atoms with Gasteiger partial charge in [0.15, 0.2) is 0 Å². The van der Waals surface area contributed by atoms with Gasteiger partial charge in [-0.05, 0) is 35.9 Å². The summed E-state index contributed by atoms with van der Waals surface area (Å²) in [6.45, 7) is 0. The summed E-state index contributed by atoms with van der Waals surface area (Å²) in [6.07, 6.45) is 0.395. The van der Waals surface area contributed by atoms with Gasteiger partial charge in [0.2, 0.25) is 0 Å². The number of amides is 1. The molecule has 0 aliphatic rings. The molecular weight excluding hydrogens is 389 g/mol. The van der Waals surface area contributed by atoms with Gasteiger partial charge < -0.3 is 9.84 Å². The fourth-order valence-electron chi connectivity index (χ4n) is 2.20. The number of halogens is 3. The molecule has 0 aliphatic carbocycles. The second-order valence-corrected chi connectivity index (χ2v) is 5.57. The van der Waals surface area contributed by atoms with Crippen LogP contribution >= 0.6 is 0 Å². The number of alkyl halides is 3. The fourth-order valence-corrected chi connectivity index (χ4v) is 2.20. The predicted molar refractivity (Wildman–Crippen MR) is 103 cm³/mol. The standard InChI is InChI=1S/C19H17F3N4O3/c1-24-12-26(11-23)25-18(28)15-6-9-17(27)14(10-15)5-2-13-3-7-16(8-4-13)29-19(20,21)22/h2-12,23,27H,1H3,(H,25,28)/b5-2+,23-11?,24-12?. The molecule has 0 fully saturated rings. The minimum Gasteiger partial charge on any atom is -0.507 e. The van der Waals surface area contributed by atoms with Crippen molar-refractivity contribution in [1.82, 2.24) is 10.4 Å². The molecule has 2 aromatic rings. The fraction of sp³-hybridized carbons (Fsp3) is 0.105. The molecular formula is C19H17F3N4O3. The zero-order valence-corrected chi connectivity index (χ0v) is 15.1. The SMILES string of the molecule is CN=CN(C=N)NC(=O)c1ccc(O)c(/C=C/c2ccc(OC(F)(F)F)cc2)c1. The summed E-state index contributed by atoms with van der Waals surface area (Å²) in [7, 11) is 1.48. The van der Waals surface area contributed by atoms with Crippen LogP contribution in [0, 0.1) is 5.41 Å². The molecule has 0 saturated heterocycles. The average Bonchev–Trinajstić information content (AvgIpc) is 2.66. The molecule has 2 rings (SSSR count). The number of nitrogens with one attached hydrogen (secondary N) is 2. The van der Waals surface area contributed by atoms with Gasteiger partial charge in [-0.25, -0.2) is 5.01 Å². The van der Waals surface area contributed by atoms with Crippen LogP contribution in [0.15, 0.2) is 47.5 Å². The Balaban J connectivity index is 2.15. The van der Waals surface area contributed by atoms with Gasteiger partial charge in [-0.1, -0.05) is 24.3 Å². The Hall–Kier alpha value is -3.82. The van der Waals surface area contributed by atoms with E-state index in [9.17, 15) is 23.1 Å². The number of phenolic OH excluding ortho intramolecular Hbond substituents is 1. The molecule has 0 radical (unpaired) electrons. The number of hydrogen-bond acceptors (Lipinski definition) is 5. The molecule has 10 heteroatoms. The lowest BCUT2D eigenvalue weighted by Crippen LogP contribution is -2.40. The van der Waals surface area contributed by atoms with Gasteiger partial charge >= 0.3 is 6.36 Å². The third kappa shape index (κ3) is 6.69. The third-order valence-electron chi connectivity index (χ3n) is 3.47. The highest BCUT2D eigenvalue weighted by Crippen LogP contribution is 2.24. The molecule has 29 heavy (non-hydrogen) atoms. The Morgan fingerprint density at radius 3 is 2.48 bits per heavy atom. The van der Waals surface area contributed by atoms with Gasteiger partial charge in [-0.2, -0.15) is 0 Å². The number of ether oxygens (including phenoxy) is 1. The summed E-state index contributed by atoms with van der Waals surface area (Å²) in [5, 5.41) is 18.2. The molecule has 1 amide bonds. The quantitative estimate of drug-likeness (QED) is 0.283. The molecule has 152 valence electrons. The zero-order chi connectivity index (χ0) is 21.4. The number of aromatic hydroxyl groups is 1. The smallest absolute Gasteiger partial charge is 0.507 e. The number of aliphatic imine (C=N–C) groups is 1. The molecule has 0 bridgehead atoms. The summed E-state index contributed by atoms with van der Waals surface area (Å²) in [6, 6.07) is 9.31. The number of carbonyl (C=O) groups excluding carboxylic acids is 1. The van der Waals surface area contributed by atoms with Crippen LogP contribution in [-0.2, 0) is 0 Å². The van der Waals surface area contributed by atoms with Crippen molar-refractivity contribution in [3.63, 3.8) is 0 Å². The monoisotopic (exact) mass is 406 g/mol. The first kappa shape index (κ1) is 21.5. The minimum atomic E-state index is -4.76. The lowest BCUT2D eigenvalue weighted by Gasteiger charge is -2.14. The number of nitrogens with zero attached hydrogens (tertiary/aromatic N) is 2. The Morgan fingerprint density at radius 2 is 1.90 bits per heavy atom. The van der Waals surface area contributed by atoms with E-state index in [0.29, 0.717) is 11.1 Å². The maximum atomic E-state index is 12.2. The average molecular weight is 406 g/mol. The van der Waals surface area contributed by atoms with Gasteiger partial charge in [0.25, 0.3) is 5.91 Å². The third-order valence-corrected chi connectivity index (χ3v) is 3.47. The van der Waals surface area contributed by atoms with Crippen molar-refractivity contribution in [3.8, 4) is 11.5 Å². The van der Waals surface area contributed by atoms with Crippen LogP contribution in [0.3, 0.4) is 0 Å². The van der Waals surface area contributed by atoms with E-state index in [1.165, 1.54) is 49.8 Å². The Labute approximate surface area is 164 Å². The Bertz CT molecular complexity index is 925. The first-order valence-electron chi connectivity index (χ1n) is 8.11. The minimum absolute atomic E-state index is 0.0890. The second kappa shape index (κ2) is 9.40. The number of carbonyl (C=O) groups is 1. The number of benzene rings is 2. The van der Waals surface area contributed by atoms with E-state index < -0.39 is 12.3 Å². The summed E-state index contributed by atoms with van der Waals surface area (Å²) < 4.78 is 40.4. The molecule has 0 unspecified atom stereocenters. The molecule has 0 aromatic heterocycles. The van der Waals surface area contributed by atoms with Crippen LogP contribution in [0.1, 0.15) is 21.5 Å². The van der Waals surface area contributed by atoms with Crippen LogP contribution in [0.4, 0.5) is 13.2 Å². The summed E-state index contributed by atoms with van der Waals surface area (Å²) >= 11 is 0. The number of rotatable bonds is 7. The molecule has 0 spiro atoms. The van der Waals surface area contributed by atoms with Crippen molar-refractivity contribution in [1.29, 1.82) is 5.41 Å². The van der Waals surface area contributed by atoms with Crippen molar-refractivity contribution in [2.45, 2.75) is 6.36 Å². The van der Waals surface area contributed by atoms with E-state index in [1.807, 2.05) is 0 Å². The van der Waals surface area contributed by atoms with Gasteiger partial charge in [0, 0.05) is 18.2 Å². The second-order valence-electron chi connectivity index (χ2n) is 5.57. The van der Waals surface area contributed by atoms with Crippen molar-refractivity contribution < 1.29 is 27.8 Å². The van der Waals surface area contributed by atoms with Crippen molar-refractivity contribution >= 4 is 30.7 Å². The molecule has 0 atom stereocenters. The Morgan fingerprint density at radius 1 is 1.21 bits per heavy atom. The van der Waals surface area contributed by atoms with Gasteiger partial charge in [-0.3, -0.25) is 20.6 Å². The van der Waals surface area contributed by atoms with E-state index in [1.54, 1.807) is 6.08 Å². The molecule has 0 heterocycles. The highest BCUT2D eigenvalue weighted by atomic mass is 19.4. The number of hydrazine groups is 1. The van der Waals surface area contributed by atoms with E-state index in [0.717, 1.165) is 23.5 Å². The highest BCUT2D eigenvalue weighted by Gasteiger charge is 2.30. The van der Waals surface area contributed by atoms with E-state index in [-0.39, 0.29) is 17.1 Å². The maximum absolute atomic E-state index is 12.2. The van der Waals surface area contributed by atoms with Crippen LogP contribution in [0.2, 0.25) is 0 Å². The van der Waals surface area contributed by atoms with Crippen molar-refractivity contribution in [2.75, 3.05) is 7.05 Å². The first-order chi connectivity index (χ1) is 13.7. The van der Waals surface area contributed by atoms with Crippen LogP contribution in [0.5, 0.6) is 11.5 Å². The topological polar surface area (TPSA) is 98.0 Å². The van der Waals surface area contributed by atoms with Gasteiger partial charge in [0.1, 0.15) is 24.2 Å². The predicted octanol–water partition coefficient (Wildman–Crippen LogP) is 3.67. The summed E-state index contributed by atoms with van der Waals surface area (Å²) in [4.78, 5) is 15.9. The van der Waals surface area contributed by atoms with Gasteiger partial charge in [0.05, 0.1) is 0 Å². The summed E-state index contributed by atoms with van der Waals surface area (Å²) in [5.74, 6) is -0.965. The lowest BCUT2D eigenvalue weighted by molar-refractivity contribution is -0.274. The normalized spacial score (nSPS) is 11.6. The van der Waals surface area contributed by atoms with Crippen LogP contribution in [0.25, 0.3) is 12.2 Å². The highest BCUT2D eigenvalue weighted by molar-refractivity contribution is 5.97. The van der Waals surface area contributed by atoms with E-state index in [4.69, 9.17) is 5.41 Å². The Kier molecular flexibility index (Phi) is 6.96. The largest absolute Gasteiger partial charge is 0.573 e. The van der Waals surface area contributed by atoms with Crippen molar-refractivity contribution in [3.05, 3.63) is 59.2 Å². The van der Waals surface area contributed by atoms with Crippen molar-refractivity contribution in [2.24, 2.45) is 4.99 Å².